The number of rotatable bonds is 9. The molecule has 4 nitrogen and oxygen atoms in total. The highest BCUT2D eigenvalue weighted by atomic mass is 16.5. The van der Waals surface area contributed by atoms with Crippen LogP contribution in [0.4, 0.5) is 0 Å². The van der Waals surface area contributed by atoms with Crippen LogP contribution in [0.15, 0.2) is 18.2 Å². The van der Waals surface area contributed by atoms with Gasteiger partial charge in [0.25, 0.3) is 0 Å². The molecule has 1 rings (SSSR count). The fraction of sp³-hybridized carbons (Fsp3) is 0.600. The molecule has 0 saturated heterocycles. The number of hydrogen-bond donors (Lipinski definition) is 2. The van der Waals surface area contributed by atoms with Gasteiger partial charge >= 0.3 is 0 Å². The second-order valence-corrected chi connectivity index (χ2v) is 4.54. The Hall–Kier alpha value is -1.26. The minimum Gasteiger partial charge on any atom is -0.490 e. The Morgan fingerprint density at radius 1 is 1.21 bits per heavy atom. The minimum absolute atomic E-state index is 0.335. The summed E-state index contributed by atoms with van der Waals surface area (Å²) in [4.78, 5) is 0. The highest BCUT2D eigenvalue weighted by Gasteiger charge is 2.06. The van der Waals surface area contributed by atoms with Crippen molar-refractivity contribution in [3.8, 4) is 11.5 Å². The van der Waals surface area contributed by atoms with Gasteiger partial charge in [-0.1, -0.05) is 13.0 Å². The molecule has 0 radical (unpaired) electrons. The highest BCUT2D eigenvalue weighted by molar-refractivity contribution is 5.43. The van der Waals surface area contributed by atoms with E-state index >= 15 is 0 Å². The smallest absolute Gasteiger partial charge is 0.161 e. The third-order valence-electron chi connectivity index (χ3n) is 2.54. The lowest BCUT2D eigenvalue weighted by Crippen LogP contribution is -2.23. The Bertz CT molecular complexity index is 366. The molecule has 0 bridgehead atoms. The quantitative estimate of drug-likeness (QED) is 0.721. The average Bonchev–Trinajstić information content (AvgIpc) is 2.38. The SMILES string of the molecule is CCCOc1ccc(CNCC(C)O)cc1OCC. The molecule has 0 saturated carbocycles. The normalized spacial score (nSPS) is 12.2. The van der Waals surface area contributed by atoms with Gasteiger partial charge in [-0.15, -0.1) is 0 Å². The first-order chi connectivity index (χ1) is 9.17. The van der Waals surface area contributed by atoms with Gasteiger partial charge in [0.15, 0.2) is 11.5 Å². The molecule has 108 valence electrons. The predicted octanol–water partition coefficient (Wildman–Crippen LogP) is 2.34. The van der Waals surface area contributed by atoms with Crippen LogP contribution in [0.2, 0.25) is 0 Å². The highest BCUT2D eigenvalue weighted by Crippen LogP contribution is 2.28. The van der Waals surface area contributed by atoms with E-state index in [9.17, 15) is 5.11 Å². The monoisotopic (exact) mass is 267 g/mol. The van der Waals surface area contributed by atoms with Gasteiger partial charge in [0.05, 0.1) is 19.3 Å². The van der Waals surface area contributed by atoms with Crippen LogP contribution in [0.25, 0.3) is 0 Å². The van der Waals surface area contributed by atoms with E-state index in [1.54, 1.807) is 6.92 Å². The van der Waals surface area contributed by atoms with Gasteiger partial charge in [0.2, 0.25) is 0 Å². The van der Waals surface area contributed by atoms with Crippen LogP contribution in [-0.4, -0.2) is 31.0 Å². The van der Waals surface area contributed by atoms with Crippen LogP contribution in [0.5, 0.6) is 11.5 Å². The zero-order valence-electron chi connectivity index (χ0n) is 12.1. The summed E-state index contributed by atoms with van der Waals surface area (Å²) >= 11 is 0. The van der Waals surface area contributed by atoms with Gasteiger partial charge in [0.1, 0.15) is 0 Å². The van der Waals surface area contributed by atoms with E-state index in [2.05, 4.69) is 12.2 Å². The Morgan fingerprint density at radius 3 is 2.63 bits per heavy atom. The summed E-state index contributed by atoms with van der Waals surface area (Å²) in [5, 5.41) is 12.4. The van der Waals surface area contributed by atoms with Crippen LogP contribution in [0.3, 0.4) is 0 Å². The molecule has 1 aromatic carbocycles. The van der Waals surface area contributed by atoms with E-state index in [1.807, 2.05) is 25.1 Å². The molecule has 0 aliphatic rings. The van der Waals surface area contributed by atoms with Crippen molar-refractivity contribution in [2.75, 3.05) is 19.8 Å². The van der Waals surface area contributed by atoms with E-state index < -0.39 is 0 Å². The first-order valence-electron chi connectivity index (χ1n) is 6.94. The summed E-state index contributed by atoms with van der Waals surface area (Å²) < 4.78 is 11.3. The molecule has 0 aliphatic heterocycles. The second-order valence-electron chi connectivity index (χ2n) is 4.54. The first-order valence-corrected chi connectivity index (χ1v) is 6.94. The largest absolute Gasteiger partial charge is 0.490 e. The summed E-state index contributed by atoms with van der Waals surface area (Å²) in [5.41, 5.74) is 1.12. The molecule has 0 amide bonds. The fourth-order valence-electron chi connectivity index (χ4n) is 1.69. The van der Waals surface area contributed by atoms with Crippen LogP contribution >= 0.6 is 0 Å². The molecule has 2 N–H and O–H groups in total. The van der Waals surface area contributed by atoms with Crippen LogP contribution in [0, 0.1) is 0 Å². The molecule has 1 unspecified atom stereocenters. The average molecular weight is 267 g/mol. The Labute approximate surface area is 115 Å². The molecule has 0 fully saturated rings. The number of aliphatic hydroxyl groups is 1. The molecular weight excluding hydrogens is 242 g/mol. The van der Waals surface area contributed by atoms with Gasteiger partial charge in [0, 0.05) is 13.1 Å². The molecule has 1 atom stereocenters. The van der Waals surface area contributed by atoms with Crippen molar-refractivity contribution in [3.63, 3.8) is 0 Å². The first kappa shape index (κ1) is 15.8. The Kier molecular flexibility index (Phi) is 7.30. The van der Waals surface area contributed by atoms with E-state index in [-0.39, 0.29) is 6.10 Å². The second kappa shape index (κ2) is 8.77. The van der Waals surface area contributed by atoms with Gasteiger partial charge in [-0.2, -0.15) is 0 Å². The van der Waals surface area contributed by atoms with Crippen molar-refractivity contribution >= 4 is 0 Å². The summed E-state index contributed by atoms with van der Waals surface area (Å²) in [5.74, 6) is 1.58. The summed E-state index contributed by atoms with van der Waals surface area (Å²) in [6.07, 6.45) is 0.641. The van der Waals surface area contributed by atoms with Crippen LogP contribution < -0.4 is 14.8 Å². The molecule has 4 heteroatoms. The Morgan fingerprint density at radius 2 is 2.00 bits per heavy atom. The number of hydrogen-bond acceptors (Lipinski definition) is 4. The van der Waals surface area contributed by atoms with Crippen molar-refractivity contribution < 1.29 is 14.6 Å². The summed E-state index contributed by atoms with van der Waals surface area (Å²) in [6.45, 7) is 8.40. The van der Waals surface area contributed by atoms with Gasteiger partial charge in [-0.3, -0.25) is 0 Å². The molecule has 0 aliphatic carbocycles. The van der Waals surface area contributed by atoms with E-state index in [0.717, 1.165) is 23.5 Å². The number of aliphatic hydroxyl groups excluding tert-OH is 1. The van der Waals surface area contributed by atoms with Gasteiger partial charge in [-0.05, 0) is 38.0 Å². The third-order valence-corrected chi connectivity index (χ3v) is 2.54. The van der Waals surface area contributed by atoms with E-state index in [1.165, 1.54) is 0 Å². The lowest BCUT2D eigenvalue weighted by molar-refractivity contribution is 0.191. The zero-order valence-corrected chi connectivity index (χ0v) is 12.1. The lowest BCUT2D eigenvalue weighted by Gasteiger charge is -2.13. The van der Waals surface area contributed by atoms with Crippen molar-refractivity contribution in [2.45, 2.75) is 39.8 Å². The van der Waals surface area contributed by atoms with Gasteiger partial charge in [-0.25, -0.2) is 0 Å². The minimum atomic E-state index is -0.335. The maximum absolute atomic E-state index is 9.20. The predicted molar refractivity (Wildman–Crippen MR) is 76.8 cm³/mol. The summed E-state index contributed by atoms with van der Waals surface area (Å²) in [6, 6.07) is 5.95. The van der Waals surface area contributed by atoms with Crippen LogP contribution in [-0.2, 0) is 6.54 Å². The maximum Gasteiger partial charge on any atom is 0.161 e. The van der Waals surface area contributed by atoms with Crippen molar-refractivity contribution in [3.05, 3.63) is 23.8 Å². The molecule has 0 aromatic heterocycles. The van der Waals surface area contributed by atoms with Crippen molar-refractivity contribution in [1.29, 1.82) is 0 Å². The van der Waals surface area contributed by atoms with E-state index in [4.69, 9.17) is 9.47 Å². The molecule has 0 spiro atoms. The summed E-state index contributed by atoms with van der Waals surface area (Å²) in [7, 11) is 0. The van der Waals surface area contributed by atoms with Crippen LogP contribution in [0.1, 0.15) is 32.8 Å². The maximum atomic E-state index is 9.20. The van der Waals surface area contributed by atoms with Crippen molar-refractivity contribution in [2.24, 2.45) is 0 Å². The molecular formula is C15H25NO3. The number of ether oxygens (including phenoxy) is 2. The molecule has 0 heterocycles. The molecule has 19 heavy (non-hydrogen) atoms. The number of benzene rings is 1. The third kappa shape index (κ3) is 5.94. The fourth-order valence-corrected chi connectivity index (χ4v) is 1.69. The number of nitrogens with one attached hydrogen (secondary N) is 1. The van der Waals surface area contributed by atoms with Crippen molar-refractivity contribution in [1.82, 2.24) is 5.32 Å². The van der Waals surface area contributed by atoms with Gasteiger partial charge < -0.3 is 19.9 Å². The zero-order chi connectivity index (χ0) is 14.1. The standard InChI is InChI=1S/C15H25NO3/c1-4-8-19-14-7-6-13(9-15(14)18-5-2)11-16-10-12(3)17/h6-7,9,12,16-17H,4-5,8,10-11H2,1-3H3. The topological polar surface area (TPSA) is 50.7 Å². The van der Waals surface area contributed by atoms with E-state index in [0.29, 0.717) is 26.3 Å². The molecule has 1 aromatic rings. The lowest BCUT2D eigenvalue weighted by atomic mass is 10.2. The Balaban J connectivity index is 2.65.